The lowest BCUT2D eigenvalue weighted by atomic mass is 9.69. The first-order valence-electron chi connectivity index (χ1n) is 7.50. The van der Waals surface area contributed by atoms with Gasteiger partial charge in [-0.3, -0.25) is 0 Å². The van der Waals surface area contributed by atoms with E-state index in [9.17, 15) is 0 Å². The Morgan fingerprint density at radius 3 is 2.74 bits per heavy atom. The van der Waals surface area contributed by atoms with E-state index in [1.807, 2.05) is 7.11 Å². The molecule has 2 heterocycles. The second-order valence-corrected chi connectivity index (χ2v) is 6.81. The van der Waals surface area contributed by atoms with E-state index in [1.54, 1.807) is 0 Å². The van der Waals surface area contributed by atoms with Gasteiger partial charge in [0.1, 0.15) is 5.60 Å². The zero-order chi connectivity index (χ0) is 13.7. The van der Waals surface area contributed by atoms with Crippen LogP contribution in [0.5, 0.6) is 0 Å². The normalized spacial score (nSPS) is 48.1. The van der Waals surface area contributed by atoms with E-state index in [0.717, 1.165) is 19.4 Å². The smallest absolute Gasteiger partial charge is 0.100 e. The lowest BCUT2D eigenvalue weighted by molar-refractivity contribution is -0.0492. The summed E-state index contributed by atoms with van der Waals surface area (Å²) in [4.78, 5) is 0. The summed E-state index contributed by atoms with van der Waals surface area (Å²) < 4.78 is 17.7. The monoisotopic (exact) mass is 266 g/mol. The Morgan fingerprint density at radius 2 is 2.16 bits per heavy atom. The fourth-order valence-electron chi connectivity index (χ4n) is 4.00. The van der Waals surface area contributed by atoms with E-state index in [-0.39, 0.29) is 17.3 Å². The first kappa shape index (κ1) is 13.6. The summed E-state index contributed by atoms with van der Waals surface area (Å²) in [5, 5.41) is 0. The van der Waals surface area contributed by atoms with Gasteiger partial charge in [-0.1, -0.05) is 11.6 Å². The lowest BCUT2D eigenvalue weighted by Gasteiger charge is -2.38. The van der Waals surface area contributed by atoms with Gasteiger partial charge in [0.25, 0.3) is 0 Å². The Balaban J connectivity index is 1.74. The first-order chi connectivity index (χ1) is 9.02. The maximum absolute atomic E-state index is 6.10. The summed E-state index contributed by atoms with van der Waals surface area (Å²) >= 11 is 0. The summed E-state index contributed by atoms with van der Waals surface area (Å²) in [5.74, 6) is 0.398. The van der Waals surface area contributed by atoms with Crippen LogP contribution in [0.15, 0.2) is 11.6 Å². The minimum atomic E-state index is -0.0520. The highest BCUT2D eigenvalue weighted by atomic mass is 16.6. The lowest BCUT2D eigenvalue weighted by Crippen LogP contribution is -2.48. The van der Waals surface area contributed by atoms with Crippen molar-refractivity contribution in [2.45, 2.75) is 69.9 Å². The van der Waals surface area contributed by atoms with Gasteiger partial charge in [0.2, 0.25) is 0 Å². The molecule has 3 heteroatoms. The molecule has 5 atom stereocenters. The maximum Gasteiger partial charge on any atom is 0.100 e. The third-order valence-electron chi connectivity index (χ3n) is 5.18. The molecule has 1 spiro atoms. The van der Waals surface area contributed by atoms with Gasteiger partial charge in [-0.25, -0.2) is 0 Å². The molecule has 3 unspecified atom stereocenters. The summed E-state index contributed by atoms with van der Waals surface area (Å²) in [7, 11) is 1.83. The quantitative estimate of drug-likeness (QED) is 0.579. The molecule has 0 aromatic carbocycles. The van der Waals surface area contributed by atoms with Crippen molar-refractivity contribution in [3.05, 3.63) is 11.6 Å². The highest BCUT2D eigenvalue weighted by Crippen LogP contribution is 2.59. The van der Waals surface area contributed by atoms with E-state index in [4.69, 9.17) is 14.2 Å². The van der Waals surface area contributed by atoms with Crippen LogP contribution in [0, 0.1) is 5.92 Å². The van der Waals surface area contributed by atoms with Crippen LogP contribution in [0.1, 0.15) is 46.5 Å². The average molecular weight is 266 g/mol. The summed E-state index contributed by atoms with van der Waals surface area (Å²) in [5.41, 5.74) is 1.37. The number of epoxide rings is 2. The molecule has 1 saturated carbocycles. The molecule has 2 saturated heterocycles. The number of rotatable bonds is 4. The topological polar surface area (TPSA) is 34.3 Å². The van der Waals surface area contributed by atoms with Crippen molar-refractivity contribution in [1.82, 2.24) is 0 Å². The molecule has 1 aliphatic carbocycles. The number of hydrogen-bond donors (Lipinski definition) is 0. The minimum Gasteiger partial charge on any atom is -0.381 e. The maximum atomic E-state index is 6.10. The van der Waals surface area contributed by atoms with Crippen molar-refractivity contribution in [2.75, 3.05) is 13.7 Å². The van der Waals surface area contributed by atoms with Gasteiger partial charge in [-0.15, -0.1) is 0 Å². The SMILES string of the molecule is CO[C@@H]1CCCC2(CO2)C1C1(C)O[C@H]1CC=C(C)C. The molecule has 0 radical (unpaired) electrons. The van der Waals surface area contributed by atoms with Crippen LogP contribution >= 0.6 is 0 Å². The number of ether oxygens (including phenoxy) is 3. The Bertz CT molecular complexity index is 381. The Kier molecular flexibility index (Phi) is 3.27. The van der Waals surface area contributed by atoms with Gasteiger partial charge in [0.15, 0.2) is 0 Å². The van der Waals surface area contributed by atoms with Crippen LogP contribution in [0.2, 0.25) is 0 Å². The van der Waals surface area contributed by atoms with Gasteiger partial charge in [-0.05, 0) is 46.5 Å². The standard InChI is InChI=1S/C16H26O3/c1-11(2)7-8-13-15(3,19-13)14-12(17-4)6-5-9-16(14)10-18-16/h7,12-14H,5-6,8-10H2,1-4H3/t12-,13+,14?,15?,16?/m1/s1. The van der Waals surface area contributed by atoms with Gasteiger partial charge in [0, 0.05) is 13.0 Å². The van der Waals surface area contributed by atoms with Crippen LogP contribution in [0.3, 0.4) is 0 Å². The van der Waals surface area contributed by atoms with E-state index in [1.165, 1.54) is 18.4 Å². The minimum absolute atomic E-state index is 0.0520. The average Bonchev–Trinajstić information content (AvgIpc) is 3.26. The molecule has 0 amide bonds. The fraction of sp³-hybridized carbons (Fsp3) is 0.875. The predicted molar refractivity (Wildman–Crippen MR) is 74.1 cm³/mol. The van der Waals surface area contributed by atoms with Gasteiger partial charge >= 0.3 is 0 Å². The third-order valence-corrected chi connectivity index (χ3v) is 5.18. The Hall–Kier alpha value is -0.380. The predicted octanol–water partition coefficient (Wildman–Crippen LogP) is 3.08. The van der Waals surface area contributed by atoms with Crippen molar-refractivity contribution in [3.63, 3.8) is 0 Å². The van der Waals surface area contributed by atoms with E-state index in [0.29, 0.717) is 12.0 Å². The van der Waals surface area contributed by atoms with Crippen molar-refractivity contribution in [2.24, 2.45) is 5.92 Å². The first-order valence-corrected chi connectivity index (χ1v) is 7.50. The van der Waals surface area contributed by atoms with E-state index >= 15 is 0 Å². The zero-order valence-electron chi connectivity index (χ0n) is 12.6. The summed E-state index contributed by atoms with van der Waals surface area (Å²) in [6.07, 6.45) is 7.45. The summed E-state index contributed by atoms with van der Waals surface area (Å²) in [6.45, 7) is 7.43. The van der Waals surface area contributed by atoms with Crippen molar-refractivity contribution in [1.29, 1.82) is 0 Å². The third kappa shape index (κ3) is 2.26. The molecule has 3 nitrogen and oxygen atoms in total. The number of hydrogen-bond acceptors (Lipinski definition) is 3. The number of methoxy groups -OCH3 is 1. The Labute approximate surface area is 116 Å². The van der Waals surface area contributed by atoms with E-state index < -0.39 is 0 Å². The Morgan fingerprint density at radius 1 is 1.42 bits per heavy atom. The molecular weight excluding hydrogens is 240 g/mol. The molecule has 0 aromatic heterocycles. The molecule has 0 N–H and O–H groups in total. The molecule has 108 valence electrons. The van der Waals surface area contributed by atoms with Crippen LogP contribution in [-0.2, 0) is 14.2 Å². The highest BCUT2D eigenvalue weighted by molar-refractivity contribution is 5.19. The second kappa shape index (κ2) is 4.57. The van der Waals surface area contributed by atoms with Crippen LogP contribution in [0.4, 0.5) is 0 Å². The van der Waals surface area contributed by atoms with Crippen LogP contribution in [0.25, 0.3) is 0 Å². The van der Waals surface area contributed by atoms with Gasteiger partial charge < -0.3 is 14.2 Å². The molecule has 2 aliphatic heterocycles. The second-order valence-electron chi connectivity index (χ2n) is 6.81. The molecule has 0 bridgehead atoms. The summed E-state index contributed by atoms with van der Waals surface area (Å²) in [6, 6.07) is 0. The molecule has 0 aromatic rings. The van der Waals surface area contributed by atoms with Crippen LogP contribution < -0.4 is 0 Å². The molecule has 19 heavy (non-hydrogen) atoms. The van der Waals surface area contributed by atoms with E-state index in [2.05, 4.69) is 26.8 Å². The van der Waals surface area contributed by atoms with Crippen molar-refractivity contribution >= 4 is 0 Å². The number of allylic oxidation sites excluding steroid dienone is 1. The van der Waals surface area contributed by atoms with Crippen LogP contribution in [-0.4, -0.2) is 37.1 Å². The van der Waals surface area contributed by atoms with Gasteiger partial charge in [0.05, 0.1) is 24.4 Å². The van der Waals surface area contributed by atoms with Gasteiger partial charge in [-0.2, -0.15) is 0 Å². The van der Waals surface area contributed by atoms with Crippen molar-refractivity contribution < 1.29 is 14.2 Å². The largest absolute Gasteiger partial charge is 0.381 e. The molecule has 3 fully saturated rings. The van der Waals surface area contributed by atoms with Crippen molar-refractivity contribution in [3.8, 4) is 0 Å². The molecular formula is C16H26O3. The highest BCUT2D eigenvalue weighted by Gasteiger charge is 2.70. The fourth-order valence-corrected chi connectivity index (χ4v) is 4.00. The molecule has 3 rings (SSSR count). The molecule has 3 aliphatic rings. The zero-order valence-corrected chi connectivity index (χ0v) is 12.6.